The summed E-state index contributed by atoms with van der Waals surface area (Å²) in [6, 6.07) is 15.3. The molecule has 2 aromatic rings. The predicted octanol–water partition coefficient (Wildman–Crippen LogP) is 3.23. The minimum Gasteiger partial charge on any atom is -0.383 e. The zero-order chi connectivity index (χ0) is 22.3. The number of rotatable bonds is 7. The maximum Gasteiger partial charge on any atom is 0.270 e. The highest BCUT2D eigenvalue weighted by molar-refractivity contribution is 5.89. The second-order valence-corrected chi connectivity index (χ2v) is 7.32. The minimum absolute atomic E-state index is 0.120. The maximum atomic E-state index is 13.5. The summed E-state index contributed by atoms with van der Waals surface area (Å²) in [4.78, 5) is 12.5. The third-order valence-electron chi connectivity index (χ3n) is 4.96. The molecule has 0 radical (unpaired) electrons. The molecular formula is C24H25F2N3O2. The van der Waals surface area contributed by atoms with Crippen LogP contribution >= 0.6 is 0 Å². The van der Waals surface area contributed by atoms with Gasteiger partial charge in [0.1, 0.15) is 0 Å². The van der Waals surface area contributed by atoms with E-state index in [-0.39, 0.29) is 12.5 Å². The number of nitrogens with one attached hydrogen (secondary N) is 3. The van der Waals surface area contributed by atoms with E-state index in [1.807, 2.05) is 55.5 Å². The first-order valence-electron chi connectivity index (χ1n) is 9.92. The molecule has 7 heteroatoms. The lowest BCUT2D eigenvalue weighted by Crippen LogP contribution is -2.60. The molecular weight excluding hydrogens is 400 g/mol. The average Bonchev–Trinajstić information content (AvgIpc) is 3.28. The van der Waals surface area contributed by atoms with Crippen molar-refractivity contribution >= 4 is 5.91 Å². The zero-order valence-corrected chi connectivity index (χ0v) is 17.4. The molecule has 2 unspecified atom stereocenters. The molecule has 0 spiro atoms. The number of hydrogen-bond acceptors (Lipinski definition) is 4. The molecule has 162 valence electrons. The monoisotopic (exact) mass is 425 g/mol. The van der Waals surface area contributed by atoms with Gasteiger partial charge in [-0.1, -0.05) is 48.2 Å². The third-order valence-corrected chi connectivity index (χ3v) is 4.96. The van der Waals surface area contributed by atoms with Crippen molar-refractivity contribution in [3.05, 3.63) is 71.9 Å². The molecule has 0 saturated heterocycles. The van der Waals surface area contributed by atoms with E-state index in [9.17, 15) is 13.6 Å². The summed E-state index contributed by atoms with van der Waals surface area (Å²) in [5.74, 6) is 5.62. The van der Waals surface area contributed by atoms with Gasteiger partial charge in [0.15, 0.2) is 5.54 Å². The summed E-state index contributed by atoms with van der Waals surface area (Å²) in [7, 11) is 1.65. The average molecular weight is 425 g/mol. The Balaban J connectivity index is 1.73. The number of carbonyl (C=O) groups excluding carboxylic acids is 1. The molecule has 1 amide bonds. The summed E-state index contributed by atoms with van der Waals surface area (Å²) in [6.45, 7) is 2.70. The molecule has 1 aliphatic heterocycles. The van der Waals surface area contributed by atoms with E-state index in [1.54, 1.807) is 7.11 Å². The molecule has 1 aliphatic rings. The van der Waals surface area contributed by atoms with E-state index in [0.29, 0.717) is 6.61 Å². The van der Waals surface area contributed by atoms with Gasteiger partial charge in [0, 0.05) is 31.3 Å². The van der Waals surface area contributed by atoms with Crippen molar-refractivity contribution in [2.45, 2.75) is 25.4 Å². The molecule has 31 heavy (non-hydrogen) atoms. The van der Waals surface area contributed by atoms with Crippen LogP contribution in [0.1, 0.15) is 18.1 Å². The first-order chi connectivity index (χ1) is 15.0. The molecule has 5 nitrogen and oxygen atoms in total. The Hall–Kier alpha value is -3.21. The smallest absolute Gasteiger partial charge is 0.270 e. The lowest BCUT2D eigenvalue weighted by molar-refractivity contribution is -0.131. The van der Waals surface area contributed by atoms with Crippen LogP contribution in [0.4, 0.5) is 8.78 Å². The molecule has 3 N–H and O–H groups in total. The maximum absolute atomic E-state index is 13.5. The van der Waals surface area contributed by atoms with Gasteiger partial charge in [0.05, 0.1) is 6.61 Å². The van der Waals surface area contributed by atoms with Crippen LogP contribution in [0.15, 0.2) is 60.8 Å². The Labute approximate surface area is 180 Å². The fourth-order valence-electron chi connectivity index (χ4n) is 3.24. The van der Waals surface area contributed by atoms with E-state index in [0.717, 1.165) is 28.3 Å². The highest BCUT2D eigenvalue weighted by Crippen LogP contribution is 2.25. The van der Waals surface area contributed by atoms with Gasteiger partial charge in [0.25, 0.3) is 12.3 Å². The third kappa shape index (κ3) is 5.29. The topological polar surface area (TPSA) is 62.4 Å². The first kappa shape index (κ1) is 22.5. The van der Waals surface area contributed by atoms with E-state index in [1.165, 1.54) is 6.20 Å². The number of halogens is 2. The van der Waals surface area contributed by atoms with Crippen molar-refractivity contribution in [3.63, 3.8) is 0 Å². The largest absolute Gasteiger partial charge is 0.383 e. The van der Waals surface area contributed by atoms with Gasteiger partial charge in [-0.25, -0.2) is 14.2 Å². The van der Waals surface area contributed by atoms with Crippen LogP contribution in [-0.2, 0) is 16.1 Å². The predicted molar refractivity (Wildman–Crippen MR) is 116 cm³/mol. The van der Waals surface area contributed by atoms with Crippen LogP contribution in [0.2, 0.25) is 0 Å². The summed E-state index contributed by atoms with van der Waals surface area (Å²) >= 11 is 0. The van der Waals surface area contributed by atoms with Crippen LogP contribution < -0.4 is 16.2 Å². The Morgan fingerprint density at radius 1 is 1.19 bits per heavy atom. The Morgan fingerprint density at radius 3 is 2.58 bits per heavy atom. The number of amides is 1. The fraction of sp³-hybridized carbons (Fsp3) is 0.292. The normalized spacial score (nSPS) is 18.2. The van der Waals surface area contributed by atoms with Crippen LogP contribution in [0.3, 0.4) is 0 Å². The lowest BCUT2D eigenvalue weighted by atomic mass is 9.97. The van der Waals surface area contributed by atoms with Crippen LogP contribution in [0.5, 0.6) is 0 Å². The van der Waals surface area contributed by atoms with Gasteiger partial charge >= 0.3 is 0 Å². The number of benzene rings is 2. The second-order valence-electron chi connectivity index (χ2n) is 7.32. The van der Waals surface area contributed by atoms with Crippen molar-refractivity contribution in [2.75, 3.05) is 13.7 Å². The van der Waals surface area contributed by atoms with Crippen LogP contribution in [0, 0.1) is 17.8 Å². The number of methoxy groups -OCH3 is 1. The summed E-state index contributed by atoms with van der Waals surface area (Å²) < 4.78 is 32.0. The molecule has 0 aliphatic carbocycles. The summed E-state index contributed by atoms with van der Waals surface area (Å²) in [5, 5.41) is 2.62. The van der Waals surface area contributed by atoms with Crippen molar-refractivity contribution in [1.29, 1.82) is 0 Å². The minimum atomic E-state index is -2.89. The standard InChI is InChI=1S/C24H25F2N3O2/c1-17(16-31-2)7-8-18-9-11-19(12-10-18)21-6-4-3-5-20(21)15-27-23(30)24(22(25)26)13-14-28-29-24/h3-6,9-14,17,22,28-29H,15-16H2,1-2H3,(H,27,30). The van der Waals surface area contributed by atoms with E-state index >= 15 is 0 Å². The second kappa shape index (κ2) is 10.2. The van der Waals surface area contributed by atoms with E-state index in [2.05, 4.69) is 28.0 Å². The van der Waals surface area contributed by atoms with Gasteiger partial charge in [-0.3, -0.25) is 4.79 Å². The van der Waals surface area contributed by atoms with E-state index in [4.69, 9.17) is 4.74 Å². The van der Waals surface area contributed by atoms with Crippen molar-refractivity contribution in [2.24, 2.45) is 5.92 Å². The van der Waals surface area contributed by atoms with Gasteiger partial charge in [-0.15, -0.1) is 0 Å². The molecule has 0 aromatic heterocycles. The van der Waals surface area contributed by atoms with Gasteiger partial charge in [-0.2, -0.15) is 0 Å². The van der Waals surface area contributed by atoms with Gasteiger partial charge in [0.2, 0.25) is 0 Å². The Bertz CT molecular complexity index is 996. The molecule has 1 heterocycles. The SMILES string of the molecule is COCC(C)C#Cc1ccc(-c2ccccc2CNC(=O)C2(C(F)F)C=CNN2)cc1. The van der Waals surface area contributed by atoms with Crippen LogP contribution in [0.25, 0.3) is 11.1 Å². The molecule has 0 bridgehead atoms. The molecule has 3 rings (SSSR count). The number of carbonyl (C=O) groups is 1. The highest BCUT2D eigenvalue weighted by Gasteiger charge is 2.47. The highest BCUT2D eigenvalue weighted by atomic mass is 19.3. The summed E-state index contributed by atoms with van der Waals surface area (Å²) in [5.41, 5.74) is 6.29. The molecule has 2 aromatic carbocycles. The Kier molecular flexibility index (Phi) is 7.40. The van der Waals surface area contributed by atoms with Crippen molar-refractivity contribution in [1.82, 2.24) is 16.2 Å². The molecule has 0 fully saturated rings. The quantitative estimate of drug-likeness (QED) is 0.596. The van der Waals surface area contributed by atoms with E-state index < -0.39 is 17.9 Å². The first-order valence-corrected chi connectivity index (χ1v) is 9.92. The number of ether oxygens (including phenoxy) is 1. The van der Waals surface area contributed by atoms with Gasteiger partial charge < -0.3 is 15.5 Å². The van der Waals surface area contributed by atoms with Crippen LogP contribution in [-0.4, -0.2) is 31.6 Å². The fourth-order valence-corrected chi connectivity index (χ4v) is 3.24. The zero-order valence-electron chi connectivity index (χ0n) is 17.4. The number of hydrazine groups is 1. The summed E-state index contributed by atoms with van der Waals surface area (Å²) in [6.07, 6.45) is -0.471. The molecule has 0 saturated carbocycles. The Morgan fingerprint density at radius 2 is 1.94 bits per heavy atom. The molecule has 2 atom stereocenters. The number of hydrogen-bond donors (Lipinski definition) is 3. The number of alkyl halides is 2. The van der Waals surface area contributed by atoms with Gasteiger partial charge in [-0.05, 0) is 41.8 Å². The lowest BCUT2D eigenvalue weighted by Gasteiger charge is -2.25. The van der Waals surface area contributed by atoms with Crippen molar-refractivity contribution < 1.29 is 18.3 Å². The van der Waals surface area contributed by atoms with Crippen molar-refractivity contribution in [3.8, 4) is 23.0 Å².